The van der Waals surface area contributed by atoms with Crippen molar-refractivity contribution in [3.63, 3.8) is 0 Å². The van der Waals surface area contributed by atoms with Crippen LogP contribution in [0.2, 0.25) is 0 Å². The van der Waals surface area contributed by atoms with Crippen LogP contribution in [0.1, 0.15) is 31.1 Å². The zero-order valence-corrected chi connectivity index (χ0v) is 16.4. The maximum atomic E-state index is 5.95. The van der Waals surface area contributed by atoms with Gasteiger partial charge in [0.05, 0.1) is 32.5 Å². The van der Waals surface area contributed by atoms with E-state index < -0.39 is 0 Å². The number of ether oxygens (including phenoxy) is 2. The average Bonchev–Trinajstić information content (AvgIpc) is 3.13. The molecule has 0 saturated carbocycles. The molecule has 2 heterocycles. The van der Waals surface area contributed by atoms with E-state index in [1.165, 1.54) is 0 Å². The molecule has 0 amide bonds. The molecule has 146 valence electrons. The first-order chi connectivity index (χ1) is 13.2. The summed E-state index contributed by atoms with van der Waals surface area (Å²) in [5, 5.41) is 7.67. The largest absolute Gasteiger partial charge is 0.494 e. The summed E-state index contributed by atoms with van der Waals surface area (Å²) in [6, 6.07) is 8.07. The Bertz CT molecular complexity index is 758. The molecule has 1 aromatic carbocycles. The fourth-order valence-electron chi connectivity index (χ4n) is 3.17. The Balaban J connectivity index is 1.73. The van der Waals surface area contributed by atoms with Gasteiger partial charge in [-0.15, -0.1) is 0 Å². The first-order valence-corrected chi connectivity index (χ1v) is 9.55. The van der Waals surface area contributed by atoms with Crippen LogP contribution in [0.4, 0.5) is 0 Å². The molecule has 1 aliphatic heterocycles. The summed E-state index contributed by atoms with van der Waals surface area (Å²) in [5.74, 6) is 1.80. The molecule has 1 N–H and O–H groups in total. The van der Waals surface area contributed by atoms with Gasteiger partial charge in [0.2, 0.25) is 0 Å². The van der Waals surface area contributed by atoms with Gasteiger partial charge in [0.25, 0.3) is 0 Å². The third kappa shape index (κ3) is 5.01. The van der Waals surface area contributed by atoms with E-state index in [0.29, 0.717) is 19.8 Å². The number of aliphatic imine (C=N–C) groups is 1. The Morgan fingerprint density at radius 2 is 2.22 bits per heavy atom. The minimum Gasteiger partial charge on any atom is -0.494 e. The van der Waals surface area contributed by atoms with E-state index in [2.05, 4.69) is 28.3 Å². The molecule has 0 aliphatic carbocycles. The topological polar surface area (TPSA) is 63.9 Å². The number of aryl methyl sites for hydroxylation is 1. The highest BCUT2D eigenvalue weighted by Crippen LogP contribution is 2.22. The van der Waals surface area contributed by atoms with Gasteiger partial charge in [-0.2, -0.15) is 5.10 Å². The molecular weight excluding hydrogens is 342 g/mol. The Hall–Kier alpha value is -2.54. The van der Waals surface area contributed by atoms with Crippen LogP contribution in [0.5, 0.6) is 5.75 Å². The molecular formula is C20H29N5O2. The highest BCUT2D eigenvalue weighted by Gasteiger charge is 2.25. The lowest BCUT2D eigenvalue weighted by Crippen LogP contribution is -2.48. The van der Waals surface area contributed by atoms with Crippen LogP contribution >= 0.6 is 0 Å². The zero-order valence-electron chi connectivity index (χ0n) is 16.4. The summed E-state index contributed by atoms with van der Waals surface area (Å²) in [7, 11) is 1.92. The molecule has 1 aliphatic rings. The Kier molecular flexibility index (Phi) is 6.70. The molecule has 1 aromatic heterocycles. The van der Waals surface area contributed by atoms with Gasteiger partial charge in [-0.3, -0.25) is 4.68 Å². The molecule has 1 atom stereocenters. The Morgan fingerprint density at radius 3 is 2.96 bits per heavy atom. The van der Waals surface area contributed by atoms with E-state index in [1.54, 1.807) is 0 Å². The van der Waals surface area contributed by atoms with Crippen molar-refractivity contribution in [2.24, 2.45) is 12.0 Å². The predicted octanol–water partition coefficient (Wildman–Crippen LogP) is 2.36. The summed E-state index contributed by atoms with van der Waals surface area (Å²) >= 11 is 0. The van der Waals surface area contributed by atoms with E-state index in [-0.39, 0.29) is 6.10 Å². The average molecular weight is 371 g/mol. The third-order valence-electron chi connectivity index (χ3n) is 4.47. The van der Waals surface area contributed by atoms with Crippen molar-refractivity contribution in [2.75, 3.05) is 32.8 Å². The van der Waals surface area contributed by atoms with Gasteiger partial charge in [0.1, 0.15) is 11.9 Å². The quantitative estimate of drug-likeness (QED) is 0.624. The maximum absolute atomic E-state index is 5.95. The number of aromatic nitrogens is 2. The van der Waals surface area contributed by atoms with E-state index >= 15 is 0 Å². The number of guanidine groups is 1. The molecule has 0 radical (unpaired) electrons. The van der Waals surface area contributed by atoms with E-state index in [1.807, 2.05) is 49.2 Å². The molecule has 1 fully saturated rings. The first-order valence-electron chi connectivity index (χ1n) is 9.55. The minimum atomic E-state index is 0.00650. The molecule has 2 aromatic rings. The van der Waals surface area contributed by atoms with Gasteiger partial charge < -0.3 is 19.7 Å². The Morgan fingerprint density at radius 1 is 1.37 bits per heavy atom. The standard InChI is InChI=1S/C20H29N5O2/c1-4-21-20(22-12-16-8-6-7-9-18(16)26-5-2)25-10-11-27-19(15-25)17-13-23-24(3)14-17/h6-9,13-14,19H,4-5,10-12,15H2,1-3H3,(H,21,22). The van der Waals surface area contributed by atoms with E-state index in [0.717, 1.165) is 42.5 Å². The Labute approximate surface area is 161 Å². The first kappa shape index (κ1) is 19.2. The van der Waals surface area contributed by atoms with Crippen molar-refractivity contribution in [1.29, 1.82) is 0 Å². The van der Waals surface area contributed by atoms with Crippen molar-refractivity contribution >= 4 is 5.96 Å². The molecule has 7 heteroatoms. The summed E-state index contributed by atoms with van der Waals surface area (Å²) in [6.07, 6.45) is 3.89. The molecule has 3 rings (SSSR count). The van der Waals surface area contributed by atoms with Crippen molar-refractivity contribution in [1.82, 2.24) is 20.0 Å². The summed E-state index contributed by atoms with van der Waals surface area (Å²) in [6.45, 7) is 8.37. The monoisotopic (exact) mass is 371 g/mol. The molecule has 1 saturated heterocycles. The third-order valence-corrected chi connectivity index (χ3v) is 4.47. The van der Waals surface area contributed by atoms with Gasteiger partial charge >= 0.3 is 0 Å². The highest BCUT2D eigenvalue weighted by molar-refractivity contribution is 5.80. The predicted molar refractivity (Wildman–Crippen MR) is 106 cm³/mol. The molecule has 27 heavy (non-hydrogen) atoms. The lowest BCUT2D eigenvalue weighted by Gasteiger charge is -2.34. The normalized spacial score (nSPS) is 17.8. The smallest absolute Gasteiger partial charge is 0.194 e. The fraction of sp³-hybridized carbons (Fsp3) is 0.500. The van der Waals surface area contributed by atoms with Gasteiger partial charge in [0.15, 0.2) is 5.96 Å². The van der Waals surface area contributed by atoms with Crippen LogP contribution in [0, 0.1) is 0 Å². The summed E-state index contributed by atoms with van der Waals surface area (Å²) < 4.78 is 13.5. The van der Waals surface area contributed by atoms with Crippen LogP contribution in [-0.4, -0.2) is 53.5 Å². The fourth-order valence-corrected chi connectivity index (χ4v) is 3.17. The molecule has 1 unspecified atom stereocenters. The van der Waals surface area contributed by atoms with Crippen LogP contribution in [0.15, 0.2) is 41.7 Å². The van der Waals surface area contributed by atoms with Gasteiger partial charge in [-0.25, -0.2) is 4.99 Å². The summed E-state index contributed by atoms with van der Waals surface area (Å²) in [4.78, 5) is 7.12. The lowest BCUT2D eigenvalue weighted by atomic mass is 10.1. The number of para-hydroxylation sites is 1. The number of hydrogen-bond donors (Lipinski definition) is 1. The number of benzene rings is 1. The number of rotatable bonds is 6. The van der Waals surface area contributed by atoms with Crippen LogP contribution in [0.3, 0.4) is 0 Å². The molecule has 7 nitrogen and oxygen atoms in total. The second-order valence-corrected chi connectivity index (χ2v) is 6.46. The number of nitrogens with one attached hydrogen (secondary N) is 1. The van der Waals surface area contributed by atoms with Crippen molar-refractivity contribution in [3.8, 4) is 5.75 Å². The second-order valence-electron chi connectivity index (χ2n) is 6.46. The van der Waals surface area contributed by atoms with Crippen molar-refractivity contribution in [2.45, 2.75) is 26.5 Å². The number of morpholine rings is 1. The summed E-state index contributed by atoms with van der Waals surface area (Å²) in [5.41, 5.74) is 2.19. The van der Waals surface area contributed by atoms with Crippen LogP contribution < -0.4 is 10.1 Å². The van der Waals surface area contributed by atoms with E-state index in [4.69, 9.17) is 14.5 Å². The SMILES string of the molecule is CCNC(=NCc1ccccc1OCC)N1CCOC(c2cnn(C)c2)C1. The zero-order chi connectivity index (χ0) is 19.1. The molecule has 0 bridgehead atoms. The van der Waals surface area contributed by atoms with Crippen molar-refractivity contribution in [3.05, 3.63) is 47.8 Å². The van der Waals surface area contributed by atoms with Gasteiger partial charge in [-0.1, -0.05) is 18.2 Å². The maximum Gasteiger partial charge on any atom is 0.194 e. The van der Waals surface area contributed by atoms with Gasteiger partial charge in [-0.05, 0) is 19.9 Å². The number of nitrogens with zero attached hydrogens (tertiary/aromatic N) is 4. The van der Waals surface area contributed by atoms with Crippen LogP contribution in [0.25, 0.3) is 0 Å². The minimum absolute atomic E-state index is 0.00650. The highest BCUT2D eigenvalue weighted by atomic mass is 16.5. The van der Waals surface area contributed by atoms with Gasteiger partial charge in [0, 0.05) is 37.5 Å². The number of hydrogen-bond acceptors (Lipinski definition) is 4. The lowest BCUT2D eigenvalue weighted by molar-refractivity contribution is -0.00805. The van der Waals surface area contributed by atoms with E-state index in [9.17, 15) is 0 Å². The second kappa shape index (κ2) is 9.41. The molecule has 0 spiro atoms. The van der Waals surface area contributed by atoms with Crippen molar-refractivity contribution < 1.29 is 9.47 Å². The van der Waals surface area contributed by atoms with Crippen LogP contribution in [-0.2, 0) is 18.3 Å².